The summed E-state index contributed by atoms with van der Waals surface area (Å²) in [7, 11) is 0. The van der Waals surface area contributed by atoms with Crippen LogP contribution in [0, 0.1) is 12.8 Å². The molecule has 2 aliphatic rings. The molecule has 6 nitrogen and oxygen atoms in total. The van der Waals surface area contributed by atoms with Crippen LogP contribution in [-0.2, 0) is 6.42 Å². The fourth-order valence-corrected chi connectivity index (χ4v) is 4.03. The second-order valence-corrected chi connectivity index (χ2v) is 8.04. The van der Waals surface area contributed by atoms with E-state index < -0.39 is 0 Å². The molecule has 1 fully saturated rings. The van der Waals surface area contributed by atoms with E-state index in [9.17, 15) is 4.79 Å². The predicted octanol–water partition coefficient (Wildman–Crippen LogP) is 3.44. The number of Topliss-reactive ketones (excluding diaryl/α,β-unsaturated/α-hetero) is 1. The Kier molecular flexibility index (Phi) is 5.31. The maximum absolute atomic E-state index is 12.8. The number of fused-ring (bicyclic) bond motifs is 1. The number of rotatable bonds is 4. The molecule has 1 atom stereocenters. The van der Waals surface area contributed by atoms with Crippen molar-refractivity contribution >= 4 is 23.2 Å². The highest BCUT2D eigenvalue weighted by Gasteiger charge is 2.30. The number of ketones is 1. The Morgan fingerprint density at radius 1 is 1.07 bits per heavy atom. The largest absolute Gasteiger partial charge is 0.339 e. The van der Waals surface area contributed by atoms with E-state index >= 15 is 0 Å². The van der Waals surface area contributed by atoms with E-state index in [2.05, 4.69) is 48.0 Å². The lowest BCUT2D eigenvalue weighted by atomic mass is 9.87. The van der Waals surface area contributed by atoms with Gasteiger partial charge < -0.3 is 15.1 Å². The number of nitrogens with zero attached hydrogens (tertiary/aromatic N) is 4. The van der Waals surface area contributed by atoms with E-state index in [0.717, 1.165) is 56.5 Å². The SMILES string of the molecule is CCN1CCN(c2nc3c(c(Nc4ccc(C)cc4)n2)C(=O)CC(C)C3)CC1. The number of aryl methyl sites for hydroxylation is 1. The van der Waals surface area contributed by atoms with Crippen LogP contribution in [-0.4, -0.2) is 53.4 Å². The van der Waals surface area contributed by atoms with Crippen LogP contribution < -0.4 is 10.2 Å². The van der Waals surface area contributed by atoms with Gasteiger partial charge in [0.25, 0.3) is 0 Å². The van der Waals surface area contributed by atoms with E-state index in [0.29, 0.717) is 23.7 Å². The second kappa shape index (κ2) is 7.87. The molecule has 2 aromatic rings. The zero-order valence-corrected chi connectivity index (χ0v) is 17.0. The predicted molar refractivity (Wildman–Crippen MR) is 113 cm³/mol. The van der Waals surface area contributed by atoms with Gasteiger partial charge in [-0.25, -0.2) is 4.98 Å². The van der Waals surface area contributed by atoms with Gasteiger partial charge >= 0.3 is 0 Å². The molecule has 1 aliphatic heterocycles. The minimum atomic E-state index is 0.144. The van der Waals surface area contributed by atoms with Crippen LogP contribution in [0.3, 0.4) is 0 Å². The molecule has 148 valence electrons. The molecule has 0 saturated carbocycles. The van der Waals surface area contributed by atoms with Crippen LogP contribution in [0.25, 0.3) is 0 Å². The third-order valence-corrected chi connectivity index (χ3v) is 5.74. The molecule has 1 aromatic carbocycles. The molecule has 0 bridgehead atoms. The van der Waals surface area contributed by atoms with Crippen molar-refractivity contribution in [2.24, 2.45) is 5.92 Å². The van der Waals surface area contributed by atoms with Crippen molar-refractivity contribution < 1.29 is 4.79 Å². The van der Waals surface area contributed by atoms with Crippen LogP contribution in [0.1, 0.15) is 41.9 Å². The topological polar surface area (TPSA) is 61.4 Å². The highest BCUT2D eigenvalue weighted by atomic mass is 16.1. The number of anilines is 3. The number of aromatic nitrogens is 2. The van der Waals surface area contributed by atoms with Crippen molar-refractivity contribution in [1.29, 1.82) is 0 Å². The smallest absolute Gasteiger partial charge is 0.227 e. The molecule has 0 amide bonds. The quantitative estimate of drug-likeness (QED) is 0.878. The number of nitrogens with one attached hydrogen (secondary N) is 1. The van der Waals surface area contributed by atoms with Gasteiger partial charge in [0, 0.05) is 38.3 Å². The molecular formula is C22H29N5O. The lowest BCUT2D eigenvalue weighted by Crippen LogP contribution is -2.47. The first-order valence-electron chi connectivity index (χ1n) is 10.3. The Balaban J connectivity index is 1.69. The van der Waals surface area contributed by atoms with E-state index in [1.807, 2.05) is 12.1 Å². The molecule has 0 radical (unpaired) electrons. The number of hydrogen-bond donors (Lipinski definition) is 1. The molecule has 4 rings (SSSR count). The van der Waals surface area contributed by atoms with Crippen LogP contribution in [0.15, 0.2) is 24.3 Å². The average Bonchev–Trinajstić information content (AvgIpc) is 2.69. The third kappa shape index (κ3) is 3.87. The van der Waals surface area contributed by atoms with E-state index in [-0.39, 0.29) is 5.78 Å². The Morgan fingerprint density at radius 2 is 1.79 bits per heavy atom. The van der Waals surface area contributed by atoms with Gasteiger partial charge in [-0.3, -0.25) is 4.79 Å². The maximum Gasteiger partial charge on any atom is 0.227 e. The lowest BCUT2D eigenvalue weighted by Gasteiger charge is -2.35. The molecule has 1 N–H and O–H groups in total. The number of hydrogen-bond acceptors (Lipinski definition) is 6. The maximum atomic E-state index is 12.8. The lowest BCUT2D eigenvalue weighted by molar-refractivity contribution is 0.0952. The number of likely N-dealkylation sites (N-methyl/N-ethyl adjacent to an activating group) is 1. The highest BCUT2D eigenvalue weighted by Crippen LogP contribution is 2.32. The summed E-state index contributed by atoms with van der Waals surface area (Å²) in [4.78, 5) is 27.1. The molecular weight excluding hydrogens is 350 g/mol. The highest BCUT2D eigenvalue weighted by molar-refractivity contribution is 6.03. The zero-order chi connectivity index (χ0) is 19.7. The standard InChI is InChI=1S/C22H29N5O/c1-4-26-9-11-27(12-10-26)22-24-18-13-16(3)14-19(28)20(18)21(25-22)23-17-7-5-15(2)6-8-17/h5-8,16H,4,9-14H2,1-3H3,(H,23,24,25). The zero-order valence-electron chi connectivity index (χ0n) is 17.0. The normalized spacial score (nSPS) is 20.2. The first-order chi connectivity index (χ1) is 13.5. The molecule has 1 aromatic heterocycles. The fraction of sp³-hybridized carbons (Fsp3) is 0.500. The Hall–Kier alpha value is -2.47. The summed E-state index contributed by atoms with van der Waals surface area (Å²) in [6.07, 6.45) is 1.39. The summed E-state index contributed by atoms with van der Waals surface area (Å²) in [6.45, 7) is 11.3. The van der Waals surface area contributed by atoms with Crippen LogP contribution in [0.5, 0.6) is 0 Å². The Bertz CT molecular complexity index is 856. The Labute approximate surface area is 167 Å². The van der Waals surface area contributed by atoms with Gasteiger partial charge in [0.15, 0.2) is 5.78 Å². The van der Waals surface area contributed by atoms with E-state index in [1.54, 1.807) is 0 Å². The number of benzene rings is 1. The van der Waals surface area contributed by atoms with Gasteiger partial charge in [-0.2, -0.15) is 4.98 Å². The molecule has 1 aliphatic carbocycles. The van der Waals surface area contributed by atoms with Crippen LogP contribution in [0.2, 0.25) is 0 Å². The molecule has 1 unspecified atom stereocenters. The van der Waals surface area contributed by atoms with Gasteiger partial charge in [0.05, 0.1) is 11.3 Å². The van der Waals surface area contributed by atoms with Gasteiger partial charge in [-0.1, -0.05) is 31.5 Å². The van der Waals surface area contributed by atoms with Crippen LogP contribution in [0.4, 0.5) is 17.5 Å². The number of carbonyl (C=O) groups is 1. The van der Waals surface area contributed by atoms with Crippen molar-refractivity contribution in [3.63, 3.8) is 0 Å². The number of carbonyl (C=O) groups excluding carboxylic acids is 1. The van der Waals surface area contributed by atoms with Crippen molar-refractivity contribution in [2.75, 3.05) is 42.9 Å². The Morgan fingerprint density at radius 3 is 2.46 bits per heavy atom. The fourth-order valence-electron chi connectivity index (χ4n) is 4.03. The van der Waals surface area contributed by atoms with Crippen molar-refractivity contribution in [1.82, 2.24) is 14.9 Å². The van der Waals surface area contributed by atoms with Gasteiger partial charge in [-0.05, 0) is 37.9 Å². The first kappa shape index (κ1) is 18.9. The first-order valence-corrected chi connectivity index (χ1v) is 10.3. The van der Waals surface area contributed by atoms with Gasteiger partial charge in [-0.15, -0.1) is 0 Å². The summed E-state index contributed by atoms with van der Waals surface area (Å²) >= 11 is 0. The molecule has 0 spiro atoms. The summed E-state index contributed by atoms with van der Waals surface area (Å²) < 4.78 is 0. The van der Waals surface area contributed by atoms with Crippen LogP contribution >= 0.6 is 0 Å². The monoisotopic (exact) mass is 379 g/mol. The van der Waals surface area contributed by atoms with E-state index in [1.165, 1.54) is 5.56 Å². The molecule has 6 heteroatoms. The summed E-state index contributed by atoms with van der Waals surface area (Å²) in [5.74, 6) is 1.86. The van der Waals surface area contributed by atoms with Gasteiger partial charge in [0.2, 0.25) is 5.95 Å². The second-order valence-electron chi connectivity index (χ2n) is 8.04. The van der Waals surface area contributed by atoms with Gasteiger partial charge in [0.1, 0.15) is 5.82 Å². The van der Waals surface area contributed by atoms with Crippen molar-refractivity contribution in [2.45, 2.75) is 33.6 Å². The third-order valence-electron chi connectivity index (χ3n) is 5.74. The van der Waals surface area contributed by atoms with Crippen molar-refractivity contribution in [3.8, 4) is 0 Å². The summed E-state index contributed by atoms with van der Waals surface area (Å²) in [5.41, 5.74) is 3.71. The van der Waals surface area contributed by atoms with Crippen molar-refractivity contribution in [3.05, 3.63) is 41.1 Å². The molecule has 2 heterocycles. The minimum Gasteiger partial charge on any atom is -0.339 e. The minimum absolute atomic E-state index is 0.144. The molecule has 28 heavy (non-hydrogen) atoms. The van der Waals surface area contributed by atoms with E-state index in [4.69, 9.17) is 9.97 Å². The number of piperazine rings is 1. The summed E-state index contributed by atoms with van der Waals surface area (Å²) in [5, 5.41) is 3.39. The summed E-state index contributed by atoms with van der Waals surface area (Å²) in [6, 6.07) is 8.18. The molecule has 1 saturated heterocycles. The average molecular weight is 380 g/mol.